The first-order valence-corrected chi connectivity index (χ1v) is 8.79. The fourth-order valence-corrected chi connectivity index (χ4v) is 3.90. The number of hydrogen-bond donors (Lipinski definition) is 0. The molecular formula is C17H16N4O2S. The summed E-state index contributed by atoms with van der Waals surface area (Å²) in [6.45, 7) is 3.55. The van der Waals surface area contributed by atoms with Crippen LogP contribution in [0.3, 0.4) is 0 Å². The summed E-state index contributed by atoms with van der Waals surface area (Å²) in [6, 6.07) is 7.21. The number of nitro benzene ring substituents is 1. The number of nitro groups is 1. The molecule has 0 N–H and O–H groups in total. The third-order valence-corrected chi connectivity index (χ3v) is 5.19. The van der Waals surface area contributed by atoms with E-state index in [1.807, 2.05) is 18.4 Å². The van der Waals surface area contributed by atoms with Gasteiger partial charge in [0.2, 0.25) is 0 Å². The second-order valence-corrected chi connectivity index (χ2v) is 6.73. The summed E-state index contributed by atoms with van der Waals surface area (Å²) in [4.78, 5) is 23.2. The number of nitrogens with zero attached hydrogens (tertiary/aromatic N) is 4. The standard InChI is InChI=1S/C17H16N4O2S/c1-2-15-18-16(14-6-8-24-17(14)19-15)20-7-5-11-3-4-13(21(22)23)9-12(11)10-20/h3-4,6,8-9H,2,5,7,10H2,1H3. The molecule has 24 heavy (non-hydrogen) atoms. The first-order chi connectivity index (χ1) is 11.7. The Bertz CT molecular complexity index is 937. The summed E-state index contributed by atoms with van der Waals surface area (Å²) in [5, 5.41) is 14.1. The Morgan fingerprint density at radius 1 is 1.29 bits per heavy atom. The zero-order chi connectivity index (χ0) is 16.7. The van der Waals surface area contributed by atoms with Crippen LogP contribution in [-0.4, -0.2) is 21.4 Å². The van der Waals surface area contributed by atoms with E-state index in [1.165, 1.54) is 5.56 Å². The number of benzene rings is 1. The van der Waals surface area contributed by atoms with E-state index in [2.05, 4.69) is 16.0 Å². The van der Waals surface area contributed by atoms with Crippen molar-refractivity contribution in [1.82, 2.24) is 9.97 Å². The van der Waals surface area contributed by atoms with Crippen LogP contribution in [0.15, 0.2) is 29.6 Å². The highest BCUT2D eigenvalue weighted by atomic mass is 32.1. The lowest BCUT2D eigenvalue weighted by Crippen LogP contribution is -2.31. The van der Waals surface area contributed by atoms with Crippen molar-refractivity contribution >= 4 is 33.1 Å². The monoisotopic (exact) mass is 340 g/mol. The molecule has 0 unspecified atom stereocenters. The third-order valence-electron chi connectivity index (χ3n) is 4.38. The molecule has 2 aromatic heterocycles. The maximum absolute atomic E-state index is 11.0. The first-order valence-electron chi connectivity index (χ1n) is 7.91. The van der Waals surface area contributed by atoms with Crippen molar-refractivity contribution < 1.29 is 4.92 Å². The molecule has 0 spiro atoms. The molecule has 3 aromatic rings. The normalized spacial score (nSPS) is 14.0. The van der Waals surface area contributed by atoms with Crippen LogP contribution in [0.2, 0.25) is 0 Å². The molecular weight excluding hydrogens is 324 g/mol. The van der Waals surface area contributed by atoms with Crippen LogP contribution in [0.4, 0.5) is 11.5 Å². The molecule has 1 aliphatic rings. The van der Waals surface area contributed by atoms with Gasteiger partial charge in [-0.25, -0.2) is 9.97 Å². The van der Waals surface area contributed by atoms with Crippen LogP contribution < -0.4 is 4.90 Å². The van der Waals surface area contributed by atoms with E-state index in [0.717, 1.165) is 46.8 Å². The predicted octanol–water partition coefficient (Wildman–Crippen LogP) is 3.72. The van der Waals surface area contributed by atoms with Crippen molar-refractivity contribution in [3.63, 3.8) is 0 Å². The molecule has 0 bridgehead atoms. The highest BCUT2D eigenvalue weighted by Gasteiger charge is 2.22. The Labute approximate surface area is 142 Å². The molecule has 0 aliphatic carbocycles. The number of aryl methyl sites for hydroxylation is 1. The van der Waals surface area contributed by atoms with E-state index in [9.17, 15) is 10.1 Å². The highest BCUT2D eigenvalue weighted by Crippen LogP contribution is 2.32. The van der Waals surface area contributed by atoms with E-state index in [0.29, 0.717) is 6.54 Å². The van der Waals surface area contributed by atoms with E-state index < -0.39 is 0 Å². The number of aromatic nitrogens is 2. The Kier molecular flexibility index (Phi) is 3.65. The van der Waals surface area contributed by atoms with Gasteiger partial charge in [-0.05, 0) is 29.0 Å². The van der Waals surface area contributed by atoms with Crippen LogP contribution in [0.1, 0.15) is 23.9 Å². The van der Waals surface area contributed by atoms with Crippen LogP contribution in [0, 0.1) is 10.1 Å². The summed E-state index contributed by atoms with van der Waals surface area (Å²) >= 11 is 1.62. The quantitative estimate of drug-likeness (QED) is 0.537. The third kappa shape index (κ3) is 2.50. The van der Waals surface area contributed by atoms with Gasteiger partial charge in [0.25, 0.3) is 5.69 Å². The smallest absolute Gasteiger partial charge is 0.269 e. The lowest BCUT2D eigenvalue weighted by Gasteiger charge is -2.30. The molecule has 0 fully saturated rings. The molecule has 6 nitrogen and oxygen atoms in total. The molecule has 0 amide bonds. The van der Waals surface area contributed by atoms with Crippen molar-refractivity contribution in [2.45, 2.75) is 26.3 Å². The van der Waals surface area contributed by atoms with E-state index in [1.54, 1.807) is 23.5 Å². The van der Waals surface area contributed by atoms with Gasteiger partial charge in [0.05, 0.1) is 10.3 Å². The van der Waals surface area contributed by atoms with E-state index in [4.69, 9.17) is 4.98 Å². The summed E-state index contributed by atoms with van der Waals surface area (Å²) in [7, 11) is 0. The Morgan fingerprint density at radius 3 is 2.96 bits per heavy atom. The van der Waals surface area contributed by atoms with Crippen molar-refractivity contribution in [3.8, 4) is 0 Å². The zero-order valence-electron chi connectivity index (χ0n) is 13.2. The number of anilines is 1. The zero-order valence-corrected chi connectivity index (χ0v) is 14.0. The van der Waals surface area contributed by atoms with Crippen molar-refractivity contribution in [1.29, 1.82) is 0 Å². The maximum atomic E-state index is 11.0. The van der Waals surface area contributed by atoms with Gasteiger partial charge in [0, 0.05) is 31.6 Å². The predicted molar refractivity (Wildman–Crippen MR) is 94.6 cm³/mol. The van der Waals surface area contributed by atoms with Gasteiger partial charge in [0.1, 0.15) is 16.5 Å². The first kappa shape index (κ1) is 15.0. The number of hydrogen-bond acceptors (Lipinski definition) is 6. The Morgan fingerprint density at radius 2 is 2.17 bits per heavy atom. The minimum Gasteiger partial charge on any atom is -0.351 e. The van der Waals surface area contributed by atoms with Crippen LogP contribution in [0.25, 0.3) is 10.2 Å². The molecule has 7 heteroatoms. The molecule has 1 aromatic carbocycles. The van der Waals surface area contributed by atoms with Gasteiger partial charge in [-0.2, -0.15) is 0 Å². The second kappa shape index (κ2) is 5.83. The largest absolute Gasteiger partial charge is 0.351 e. The molecule has 3 heterocycles. The van der Waals surface area contributed by atoms with Crippen LogP contribution in [-0.2, 0) is 19.4 Å². The van der Waals surface area contributed by atoms with Crippen LogP contribution in [0.5, 0.6) is 0 Å². The van der Waals surface area contributed by atoms with E-state index >= 15 is 0 Å². The number of non-ortho nitro benzene ring substituents is 1. The molecule has 1 aliphatic heterocycles. The Balaban J connectivity index is 1.75. The fourth-order valence-electron chi connectivity index (χ4n) is 3.12. The van der Waals surface area contributed by atoms with Gasteiger partial charge >= 0.3 is 0 Å². The molecule has 0 atom stereocenters. The number of rotatable bonds is 3. The lowest BCUT2D eigenvalue weighted by atomic mass is 9.99. The van der Waals surface area contributed by atoms with Gasteiger partial charge in [0.15, 0.2) is 0 Å². The average molecular weight is 340 g/mol. The minimum absolute atomic E-state index is 0.146. The van der Waals surface area contributed by atoms with Crippen molar-refractivity contribution in [3.05, 3.63) is 56.7 Å². The topological polar surface area (TPSA) is 72.2 Å². The Hall–Kier alpha value is -2.54. The summed E-state index contributed by atoms with van der Waals surface area (Å²) in [6.07, 6.45) is 1.65. The highest BCUT2D eigenvalue weighted by molar-refractivity contribution is 7.16. The lowest BCUT2D eigenvalue weighted by molar-refractivity contribution is -0.384. The number of thiophene rings is 1. The van der Waals surface area contributed by atoms with Gasteiger partial charge in [-0.1, -0.05) is 13.0 Å². The molecule has 4 rings (SSSR count). The van der Waals surface area contributed by atoms with Gasteiger partial charge < -0.3 is 4.90 Å². The van der Waals surface area contributed by atoms with Crippen molar-refractivity contribution in [2.24, 2.45) is 0 Å². The fraction of sp³-hybridized carbons (Fsp3) is 0.294. The second-order valence-electron chi connectivity index (χ2n) is 5.84. The maximum Gasteiger partial charge on any atom is 0.269 e. The molecule has 0 saturated heterocycles. The summed E-state index contributed by atoms with van der Waals surface area (Å²) in [5.74, 6) is 1.78. The molecule has 0 saturated carbocycles. The van der Waals surface area contributed by atoms with Crippen molar-refractivity contribution in [2.75, 3.05) is 11.4 Å². The van der Waals surface area contributed by atoms with Gasteiger partial charge in [-0.15, -0.1) is 11.3 Å². The summed E-state index contributed by atoms with van der Waals surface area (Å²) in [5.41, 5.74) is 2.34. The average Bonchev–Trinajstić information content (AvgIpc) is 3.08. The number of fused-ring (bicyclic) bond motifs is 2. The minimum atomic E-state index is -0.337. The molecule has 122 valence electrons. The molecule has 0 radical (unpaired) electrons. The van der Waals surface area contributed by atoms with Gasteiger partial charge in [-0.3, -0.25) is 10.1 Å². The van der Waals surface area contributed by atoms with E-state index in [-0.39, 0.29) is 10.6 Å². The van der Waals surface area contributed by atoms with Crippen LogP contribution >= 0.6 is 11.3 Å². The summed E-state index contributed by atoms with van der Waals surface area (Å²) < 4.78 is 0. The SMILES string of the molecule is CCc1nc(N2CCc3ccc([N+](=O)[O-])cc3C2)c2ccsc2n1.